The minimum Gasteiger partial charge on any atom is -0.337 e. The Kier molecular flexibility index (Phi) is 4.00. The molecule has 1 saturated heterocycles. The van der Waals surface area contributed by atoms with Crippen molar-refractivity contribution in [2.45, 2.75) is 25.3 Å². The lowest BCUT2D eigenvalue weighted by molar-refractivity contribution is -0.127. The molecule has 0 radical (unpaired) electrons. The van der Waals surface area contributed by atoms with Gasteiger partial charge in [-0.3, -0.25) is 4.79 Å². The van der Waals surface area contributed by atoms with E-state index in [-0.39, 0.29) is 17.8 Å². The van der Waals surface area contributed by atoms with E-state index in [1.165, 1.54) is 18.2 Å². The van der Waals surface area contributed by atoms with E-state index in [2.05, 4.69) is 16.7 Å². The van der Waals surface area contributed by atoms with Gasteiger partial charge in [-0.05, 0) is 36.6 Å². The largest absolute Gasteiger partial charge is 0.337 e. The zero-order valence-electron chi connectivity index (χ0n) is 12.0. The van der Waals surface area contributed by atoms with Gasteiger partial charge in [0.15, 0.2) is 5.82 Å². The molecule has 0 aliphatic carbocycles. The normalized spacial score (nSPS) is 17.7. The van der Waals surface area contributed by atoms with Crippen LogP contribution in [0.3, 0.4) is 0 Å². The van der Waals surface area contributed by atoms with Gasteiger partial charge in [-0.25, -0.2) is 4.39 Å². The lowest BCUT2D eigenvalue weighted by Gasteiger charge is -2.19. The van der Waals surface area contributed by atoms with E-state index in [0.29, 0.717) is 24.7 Å². The first-order chi connectivity index (χ1) is 10.7. The van der Waals surface area contributed by atoms with E-state index >= 15 is 0 Å². The third-order valence-corrected chi connectivity index (χ3v) is 3.75. The summed E-state index contributed by atoms with van der Waals surface area (Å²) in [5.74, 6) is 0.576. The molecule has 1 fully saturated rings. The van der Waals surface area contributed by atoms with Crippen molar-refractivity contribution in [3.05, 3.63) is 60.0 Å². The minimum absolute atomic E-state index is 0.124. The van der Waals surface area contributed by atoms with Crippen molar-refractivity contribution >= 4 is 5.91 Å². The van der Waals surface area contributed by atoms with Crippen LogP contribution in [-0.2, 0) is 11.2 Å². The van der Waals surface area contributed by atoms with E-state index < -0.39 is 0 Å². The number of benzene rings is 1. The van der Waals surface area contributed by atoms with Crippen molar-refractivity contribution in [3.63, 3.8) is 0 Å². The van der Waals surface area contributed by atoms with Gasteiger partial charge < -0.3 is 9.42 Å². The van der Waals surface area contributed by atoms with Crippen molar-refractivity contribution in [2.75, 3.05) is 6.54 Å². The molecule has 6 heteroatoms. The molecule has 1 atom stereocenters. The van der Waals surface area contributed by atoms with E-state index in [1.54, 1.807) is 17.0 Å². The molecule has 1 amide bonds. The molecule has 1 aliphatic heterocycles. The van der Waals surface area contributed by atoms with Gasteiger partial charge in [0.05, 0.1) is 0 Å². The first-order valence-electron chi connectivity index (χ1n) is 7.17. The van der Waals surface area contributed by atoms with Crippen molar-refractivity contribution in [1.29, 1.82) is 0 Å². The fourth-order valence-corrected chi connectivity index (χ4v) is 2.66. The van der Waals surface area contributed by atoms with Gasteiger partial charge in [-0.1, -0.05) is 23.9 Å². The summed E-state index contributed by atoms with van der Waals surface area (Å²) in [7, 11) is 0. The van der Waals surface area contributed by atoms with Gasteiger partial charge in [0.25, 0.3) is 0 Å². The van der Waals surface area contributed by atoms with Crippen LogP contribution >= 0.6 is 0 Å². The highest BCUT2D eigenvalue weighted by Gasteiger charge is 2.32. The summed E-state index contributed by atoms with van der Waals surface area (Å²) < 4.78 is 18.2. The number of hydrogen-bond acceptors (Lipinski definition) is 4. The summed E-state index contributed by atoms with van der Waals surface area (Å²) >= 11 is 0. The molecule has 2 aromatic rings. The molecule has 2 heterocycles. The number of carbonyl (C=O) groups excluding carboxylic acids is 1. The quantitative estimate of drug-likeness (QED) is 0.815. The standard InChI is InChI=1S/C16H16FN3O2/c1-2-15(21)20-9-3-4-13(20)16-18-14(19-22-16)10-11-5-7-12(17)8-6-11/h2,5-8,13H,1,3-4,9-10H2. The van der Waals surface area contributed by atoms with Crippen LogP contribution in [0.5, 0.6) is 0 Å². The van der Waals surface area contributed by atoms with Crippen LogP contribution in [0, 0.1) is 5.82 Å². The predicted molar refractivity (Wildman–Crippen MR) is 77.4 cm³/mol. The number of amides is 1. The third kappa shape index (κ3) is 2.90. The van der Waals surface area contributed by atoms with Gasteiger partial charge in [-0.15, -0.1) is 0 Å². The van der Waals surface area contributed by atoms with Gasteiger partial charge >= 0.3 is 0 Å². The first kappa shape index (κ1) is 14.4. The number of nitrogens with zero attached hydrogens (tertiary/aromatic N) is 3. The molecule has 1 unspecified atom stereocenters. The Balaban J connectivity index is 1.74. The molecule has 1 aliphatic rings. The van der Waals surface area contributed by atoms with E-state index in [1.807, 2.05) is 0 Å². The predicted octanol–water partition coefficient (Wildman–Crippen LogP) is 2.65. The number of rotatable bonds is 4. The SMILES string of the molecule is C=CC(=O)N1CCCC1c1nc(Cc2ccc(F)cc2)no1. The second-order valence-corrected chi connectivity index (χ2v) is 5.25. The molecule has 3 rings (SSSR count). The fraction of sp³-hybridized carbons (Fsp3) is 0.312. The number of likely N-dealkylation sites (tertiary alicyclic amines) is 1. The van der Waals surface area contributed by atoms with Crippen molar-refractivity contribution in [2.24, 2.45) is 0 Å². The summed E-state index contributed by atoms with van der Waals surface area (Å²) in [5, 5.41) is 3.95. The molecule has 114 valence electrons. The molecule has 5 nitrogen and oxygen atoms in total. The zero-order chi connectivity index (χ0) is 15.5. The number of carbonyl (C=O) groups is 1. The van der Waals surface area contributed by atoms with Crippen LogP contribution in [0.1, 0.15) is 36.2 Å². The van der Waals surface area contributed by atoms with Crippen molar-refractivity contribution in [3.8, 4) is 0 Å². The molecule has 1 aromatic heterocycles. The highest BCUT2D eigenvalue weighted by Crippen LogP contribution is 2.31. The number of halogens is 1. The maximum atomic E-state index is 12.9. The average molecular weight is 301 g/mol. The molecule has 0 N–H and O–H groups in total. The Morgan fingerprint density at radius 1 is 1.45 bits per heavy atom. The third-order valence-electron chi connectivity index (χ3n) is 3.75. The van der Waals surface area contributed by atoms with E-state index in [4.69, 9.17) is 4.52 Å². The summed E-state index contributed by atoms with van der Waals surface area (Å²) in [6, 6.07) is 6.00. The lowest BCUT2D eigenvalue weighted by Crippen LogP contribution is -2.28. The maximum absolute atomic E-state index is 12.9. The first-order valence-corrected chi connectivity index (χ1v) is 7.17. The second kappa shape index (κ2) is 6.09. The second-order valence-electron chi connectivity index (χ2n) is 5.25. The van der Waals surface area contributed by atoms with Crippen molar-refractivity contribution in [1.82, 2.24) is 15.0 Å². The highest BCUT2D eigenvalue weighted by atomic mass is 19.1. The van der Waals surface area contributed by atoms with Gasteiger partial charge in [0, 0.05) is 13.0 Å². The molecule has 22 heavy (non-hydrogen) atoms. The Morgan fingerprint density at radius 3 is 2.95 bits per heavy atom. The van der Waals surface area contributed by atoms with E-state index in [9.17, 15) is 9.18 Å². The van der Waals surface area contributed by atoms with Crippen molar-refractivity contribution < 1.29 is 13.7 Å². The Labute approximate surface area is 127 Å². The molecule has 1 aromatic carbocycles. The lowest BCUT2D eigenvalue weighted by atomic mass is 10.1. The minimum atomic E-state index is -0.276. The van der Waals surface area contributed by atoms with Crippen LogP contribution < -0.4 is 0 Å². The maximum Gasteiger partial charge on any atom is 0.249 e. The zero-order valence-corrected chi connectivity index (χ0v) is 12.0. The molecule has 0 spiro atoms. The smallest absolute Gasteiger partial charge is 0.249 e. The molecule has 0 bridgehead atoms. The van der Waals surface area contributed by atoms with Crippen LogP contribution in [0.15, 0.2) is 41.4 Å². The Morgan fingerprint density at radius 2 is 2.23 bits per heavy atom. The molecular formula is C16H16FN3O2. The van der Waals surface area contributed by atoms with Crippen LogP contribution in [0.4, 0.5) is 4.39 Å². The average Bonchev–Trinajstić information content (AvgIpc) is 3.17. The van der Waals surface area contributed by atoms with Crippen LogP contribution in [0.25, 0.3) is 0 Å². The number of hydrogen-bond donors (Lipinski definition) is 0. The fourth-order valence-electron chi connectivity index (χ4n) is 2.66. The molecule has 0 saturated carbocycles. The molecular weight excluding hydrogens is 285 g/mol. The summed E-state index contributed by atoms with van der Waals surface area (Å²) in [4.78, 5) is 17.9. The number of aromatic nitrogens is 2. The van der Waals surface area contributed by atoms with E-state index in [0.717, 1.165) is 18.4 Å². The monoisotopic (exact) mass is 301 g/mol. The summed E-state index contributed by atoms with van der Waals surface area (Å²) in [5.41, 5.74) is 0.902. The van der Waals surface area contributed by atoms with Crippen LogP contribution in [-0.4, -0.2) is 27.5 Å². The topological polar surface area (TPSA) is 59.2 Å². The van der Waals surface area contributed by atoms with Gasteiger partial charge in [0.2, 0.25) is 11.8 Å². The highest BCUT2D eigenvalue weighted by molar-refractivity contribution is 5.87. The van der Waals surface area contributed by atoms with Crippen LogP contribution in [0.2, 0.25) is 0 Å². The Hall–Kier alpha value is -2.50. The summed E-state index contributed by atoms with van der Waals surface area (Å²) in [6.07, 6.45) is 3.47. The van der Waals surface area contributed by atoms with Gasteiger partial charge in [-0.2, -0.15) is 4.98 Å². The Bertz CT molecular complexity index is 681. The van der Waals surface area contributed by atoms with Gasteiger partial charge in [0.1, 0.15) is 11.9 Å². The summed E-state index contributed by atoms with van der Waals surface area (Å²) in [6.45, 7) is 4.18.